The zero-order valence-corrected chi connectivity index (χ0v) is 8.31. The molecule has 1 amide bonds. The van der Waals surface area contributed by atoms with E-state index in [0.29, 0.717) is 12.3 Å². The van der Waals surface area contributed by atoms with E-state index in [-0.39, 0.29) is 5.91 Å². The van der Waals surface area contributed by atoms with Crippen molar-refractivity contribution in [3.63, 3.8) is 0 Å². The summed E-state index contributed by atoms with van der Waals surface area (Å²) in [4.78, 5) is 10.9. The van der Waals surface area contributed by atoms with Crippen LogP contribution in [0.2, 0.25) is 0 Å². The van der Waals surface area contributed by atoms with E-state index >= 15 is 0 Å². The highest BCUT2D eigenvalue weighted by atomic mass is 16.1. The second kappa shape index (κ2) is 7.10. The fourth-order valence-electron chi connectivity index (χ4n) is 1.03. The van der Waals surface area contributed by atoms with Gasteiger partial charge in [-0.1, -0.05) is 20.3 Å². The van der Waals surface area contributed by atoms with Gasteiger partial charge in [0.05, 0.1) is 0 Å². The van der Waals surface area contributed by atoms with Gasteiger partial charge in [-0.2, -0.15) is 0 Å². The molecule has 0 rings (SSSR count). The van der Waals surface area contributed by atoms with Crippen LogP contribution in [0.25, 0.3) is 0 Å². The van der Waals surface area contributed by atoms with Crippen LogP contribution in [0.1, 0.15) is 26.7 Å². The van der Waals surface area contributed by atoms with Gasteiger partial charge in [-0.3, -0.25) is 4.79 Å². The monoisotopic (exact) mass is 172 g/mol. The van der Waals surface area contributed by atoms with Gasteiger partial charge in [-0.25, -0.2) is 0 Å². The average Bonchev–Trinajstić information content (AvgIpc) is 2.11. The minimum atomic E-state index is 0.143. The third-order valence-electron chi connectivity index (χ3n) is 1.98. The number of amides is 1. The standard InChI is InChI=1S/C9H20N2O/c1-4-8(6-10-3)7-11-9(12)5-2/h8,10H,4-7H2,1-3H3,(H,11,12). The van der Waals surface area contributed by atoms with E-state index in [1.165, 1.54) is 0 Å². The van der Waals surface area contributed by atoms with Gasteiger partial charge in [0.2, 0.25) is 5.91 Å². The first-order valence-electron chi connectivity index (χ1n) is 4.65. The van der Waals surface area contributed by atoms with Crippen molar-refractivity contribution in [1.29, 1.82) is 0 Å². The number of hydrogen-bond acceptors (Lipinski definition) is 2. The number of hydrogen-bond donors (Lipinski definition) is 2. The normalized spacial score (nSPS) is 12.6. The third kappa shape index (κ3) is 5.13. The van der Waals surface area contributed by atoms with Crippen LogP contribution in [-0.2, 0) is 4.79 Å². The maximum absolute atomic E-state index is 10.9. The molecule has 12 heavy (non-hydrogen) atoms. The molecule has 1 atom stereocenters. The van der Waals surface area contributed by atoms with Crippen LogP contribution in [0.3, 0.4) is 0 Å². The fourth-order valence-corrected chi connectivity index (χ4v) is 1.03. The van der Waals surface area contributed by atoms with Gasteiger partial charge in [-0.05, 0) is 19.5 Å². The van der Waals surface area contributed by atoms with Gasteiger partial charge in [0.1, 0.15) is 0 Å². The first-order valence-corrected chi connectivity index (χ1v) is 4.65. The maximum Gasteiger partial charge on any atom is 0.219 e. The van der Waals surface area contributed by atoms with Gasteiger partial charge in [0, 0.05) is 13.0 Å². The van der Waals surface area contributed by atoms with Gasteiger partial charge >= 0.3 is 0 Å². The van der Waals surface area contributed by atoms with E-state index in [1.807, 2.05) is 14.0 Å². The van der Waals surface area contributed by atoms with Crippen molar-refractivity contribution in [3.8, 4) is 0 Å². The number of carbonyl (C=O) groups excluding carboxylic acids is 1. The molecule has 0 heterocycles. The van der Waals surface area contributed by atoms with Crippen molar-refractivity contribution in [1.82, 2.24) is 10.6 Å². The molecule has 0 bridgehead atoms. The van der Waals surface area contributed by atoms with E-state index in [1.54, 1.807) is 0 Å². The highest BCUT2D eigenvalue weighted by Crippen LogP contribution is 1.98. The third-order valence-corrected chi connectivity index (χ3v) is 1.98. The molecule has 0 aromatic heterocycles. The van der Waals surface area contributed by atoms with E-state index in [0.717, 1.165) is 19.5 Å². The SMILES string of the molecule is CCC(=O)NCC(CC)CNC. The average molecular weight is 172 g/mol. The lowest BCUT2D eigenvalue weighted by molar-refractivity contribution is -0.120. The van der Waals surface area contributed by atoms with Crippen LogP contribution in [0.15, 0.2) is 0 Å². The molecule has 72 valence electrons. The predicted octanol–water partition coefficient (Wildman–Crippen LogP) is 0.758. The molecule has 0 aromatic rings. The molecule has 1 unspecified atom stereocenters. The smallest absolute Gasteiger partial charge is 0.219 e. The van der Waals surface area contributed by atoms with Crippen molar-refractivity contribution < 1.29 is 4.79 Å². The predicted molar refractivity (Wildman–Crippen MR) is 51.0 cm³/mol. The largest absolute Gasteiger partial charge is 0.356 e. The van der Waals surface area contributed by atoms with Crippen molar-refractivity contribution >= 4 is 5.91 Å². The Hall–Kier alpha value is -0.570. The molecule has 2 N–H and O–H groups in total. The fraction of sp³-hybridized carbons (Fsp3) is 0.889. The summed E-state index contributed by atoms with van der Waals surface area (Å²) in [5, 5.41) is 6.00. The van der Waals surface area contributed by atoms with Crippen LogP contribution < -0.4 is 10.6 Å². The Balaban J connectivity index is 3.50. The Bertz CT molecular complexity index is 126. The Morgan fingerprint density at radius 3 is 2.42 bits per heavy atom. The molecule has 0 saturated carbocycles. The highest BCUT2D eigenvalue weighted by Gasteiger charge is 2.05. The van der Waals surface area contributed by atoms with Crippen molar-refractivity contribution in [2.75, 3.05) is 20.1 Å². The Morgan fingerprint density at radius 1 is 1.33 bits per heavy atom. The second-order valence-corrected chi connectivity index (χ2v) is 2.99. The summed E-state index contributed by atoms with van der Waals surface area (Å²) in [5.41, 5.74) is 0. The Morgan fingerprint density at radius 2 is 2.00 bits per heavy atom. The molecular formula is C9H20N2O. The molecule has 0 aliphatic heterocycles. The van der Waals surface area contributed by atoms with Crippen LogP contribution in [0, 0.1) is 5.92 Å². The number of carbonyl (C=O) groups is 1. The molecule has 0 aliphatic rings. The van der Waals surface area contributed by atoms with Crippen LogP contribution in [0.4, 0.5) is 0 Å². The molecule has 0 spiro atoms. The number of nitrogens with one attached hydrogen (secondary N) is 2. The van der Waals surface area contributed by atoms with Gasteiger partial charge < -0.3 is 10.6 Å². The summed E-state index contributed by atoms with van der Waals surface area (Å²) in [6.45, 7) is 5.78. The van der Waals surface area contributed by atoms with Gasteiger partial charge in [0.25, 0.3) is 0 Å². The molecule has 0 aromatic carbocycles. The molecule has 0 fully saturated rings. The first kappa shape index (κ1) is 11.4. The van der Waals surface area contributed by atoms with Crippen LogP contribution >= 0.6 is 0 Å². The van der Waals surface area contributed by atoms with Gasteiger partial charge in [-0.15, -0.1) is 0 Å². The zero-order valence-electron chi connectivity index (χ0n) is 8.31. The molecule has 3 heteroatoms. The Kier molecular flexibility index (Phi) is 6.76. The Labute approximate surface area is 74.9 Å². The first-order chi connectivity index (χ1) is 5.74. The molecule has 0 aliphatic carbocycles. The summed E-state index contributed by atoms with van der Waals surface area (Å²) in [6.07, 6.45) is 1.68. The van der Waals surface area contributed by atoms with E-state index in [9.17, 15) is 4.79 Å². The maximum atomic E-state index is 10.9. The summed E-state index contributed by atoms with van der Waals surface area (Å²) >= 11 is 0. The summed E-state index contributed by atoms with van der Waals surface area (Å²) in [6, 6.07) is 0. The lowest BCUT2D eigenvalue weighted by Gasteiger charge is -2.14. The summed E-state index contributed by atoms with van der Waals surface area (Å²) < 4.78 is 0. The molecule has 0 saturated heterocycles. The zero-order chi connectivity index (χ0) is 9.40. The van der Waals surface area contributed by atoms with Crippen molar-refractivity contribution in [3.05, 3.63) is 0 Å². The quantitative estimate of drug-likeness (QED) is 0.621. The second-order valence-electron chi connectivity index (χ2n) is 2.99. The van der Waals surface area contributed by atoms with E-state index in [4.69, 9.17) is 0 Å². The lowest BCUT2D eigenvalue weighted by atomic mass is 10.1. The molecule has 0 radical (unpaired) electrons. The molecular weight excluding hydrogens is 152 g/mol. The molecule has 3 nitrogen and oxygen atoms in total. The lowest BCUT2D eigenvalue weighted by Crippen LogP contribution is -2.32. The summed E-state index contributed by atoms with van der Waals surface area (Å²) in [7, 11) is 1.93. The summed E-state index contributed by atoms with van der Waals surface area (Å²) in [5.74, 6) is 0.704. The number of rotatable bonds is 6. The van der Waals surface area contributed by atoms with E-state index in [2.05, 4.69) is 17.6 Å². The van der Waals surface area contributed by atoms with Crippen molar-refractivity contribution in [2.45, 2.75) is 26.7 Å². The van der Waals surface area contributed by atoms with Crippen LogP contribution in [0.5, 0.6) is 0 Å². The highest BCUT2D eigenvalue weighted by molar-refractivity contribution is 5.75. The van der Waals surface area contributed by atoms with Crippen LogP contribution in [-0.4, -0.2) is 26.0 Å². The van der Waals surface area contributed by atoms with Crippen molar-refractivity contribution in [2.24, 2.45) is 5.92 Å². The van der Waals surface area contributed by atoms with E-state index < -0.39 is 0 Å². The minimum absolute atomic E-state index is 0.143. The topological polar surface area (TPSA) is 41.1 Å². The van der Waals surface area contributed by atoms with Gasteiger partial charge in [0.15, 0.2) is 0 Å². The minimum Gasteiger partial charge on any atom is -0.356 e.